The molecule has 29 heavy (non-hydrogen) atoms. The smallest absolute Gasteiger partial charge is 0.378 e. The number of rotatable bonds is 1. The predicted molar refractivity (Wildman–Crippen MR) is 103 cm³/mol. The summed E-state index contributed by atoms with van der Waals surface area (Å²) >= 11 is 0. The van der Waals surface area contributed by atoms with E-state index in [1.165, 1.54) is 12.7 Å². The van der Waals surface area contributed by atoms with E-state index in [0.717, 1.165) is 38.5 Å². The maximum absolute atomic E-state index is 13.8. The molecule has 0 aromatic carbocycles. The van der Waals surface area contributed by atoms with Crippen LogP contribution >= 0.6 is 0 Å². The molecule has 8 atom stereocenters. The lowest BCUT2D eigenvalue weighted by Gasteiger charge is -2.62. The molecule has 0 aliphatic heterocycles. The molecule has 3 unspecified atom stereocenters. The van der Waals surface area contributed by atoms with Crippen LogP contribution in [-0.4, -0.2) is 30.1 Å². The van der Waals surface area contributed by atoms with E-state index in [2.05, 4.69) is 19.9 Å². The van der Waals surface area contributed by atoms with Crippen molar-refractivity contribution in [1.29, 1.82) is 5.26 Å². The molecule has 0 amide bonds. The van der Waals surface area contributed by atoms with E-state index in [1.54, 1.807) is 6.08 Å². The average molecular weight is 412 g/mol. The third-order valence-electron chi connectivity index (χ3n) is 9.64. The van der Waals surface area contributed by atoms with E-state index >= 15 is 0 Å². The summed E-state index contributed by atoms with van der Waals surface area (Å²) in [6.45, 7) is 4.44. The van der Waals surface area contributed by atoms with E-state index in [9.17, 15) is 23.5 Å². The molecular weight excluding hydrogens is 379 g/mol. The van der Waals surface area contributed by atoms with Crippen LogP contribution in [0, 0.1) is 45.8 Å². The molecule has 0 saturated heterocycles. The lowest BCUT2D eigenvalue weighted by atomic mass is 9.43. The largest absolute Gasteiger partial charge is 0.419 e. The highest BCUT2D eigenvalue weighted by molar-refractivity contribution is 5.28. The van der Waals surface area contributed by atoms with Crippen molar-refractivity contribution in [2.75, 3.05) is 7.11 Å². The second kappa shape index (κ2) is 6.72. The number of fused-ring (bicyclic) bond motifs is 5. The van der Waals surface area contributed by atoms with E-state index in [0.29, 0.717) is 17.8 Å². The van der Waals surface area contributed by atoms with Crippen molar-refractivity contribution in [3.63, 3.8) is 0 Å². The molecule has 0 radical (unpaired) electrons. The number of halogens is 3. The number of aliphatic hydroxyl groups is 1. The van der Waals surface area contributed by atoms with Crippen LogP contribution in [0.25, 0.3) is 0 Å². The van der Waals surface area contributed by atoms with Crippen molar-refractivity contribution in [2.45, 2.75) is 83.1 Å². The minimum Gasteiger partial charge on any atom is -0.378 e. The Kier molecular flexibility index (Phi) is 4.91. The van der Waals surface area contributed by atoms with Crippen LogP contribution < -0.4 is 0 Å². The lowest BCUT2D eigenvalue weighted by Crippen LogP contribution is -2.65. The average Bonchev–Trinajstić information content (AvgIpc) is 2.98. The molecule has 4 saturated carbocycles. The highest BCUT2D eigenvalue weighted by atomic mass is 19.4. The van der Waals surface area contributed by atoms with Crippen molar-refractivity contribution < 1.29 is 23.0 Å². The number of nitrogens with zero attached hydrogens (tertiary/aromatic N) is 1. The lowest BCUT2D eigenvalue weighted by molar-refractivity contribution is -0.325. The Bertz CT molecular complexity index is 743. The van der Waals surface area contributed by atoms with Gasteiger partial charge in [0.15, 0.2) is 5.60 Å². The number of ether oxygens (including phenoxy) is 1. The first-order chi connectivity index (χ1) is 13.5. The van der Waals surface area contributed by atoms with Gasteiger partial charge >= 0.3 is 6.18 Å². The highest BCUT2D eigenvalue weighted by Crippen LogP contribution is 2.68. The minimum atomic E-state index is -4.68. The maximum atomic E-state index is 13.8. The van der Waals surface area contributed by atoms with Crippen molar-refractivity contribution >= 4 is 0 Å². The van der Waals surface area contributed by atoms with Crippen molar-refractivity contribution in [1.82, 2.24) is 0 Å². The SMILES string of the molecule is CO[C@H]1CC2(C)[C@@H](CCC3[C@@H]4CC/C(=C/C#N)C4(C)CC[C@@H]32)C[C@@]1(O)C(F)(F)F. The van der Waals surface area contributed by atoms with Gasteiger partial charge in [-0.1, -0.05) is 19.4 Å². The molecule has 0 aromatic rings. The number of nitriles is 1. The van der Waals surface area contributed by atoms with Gasteiger partial charge < -0.3 is 9.84 Å². The quantitative estimate of drug-likeness (QED) is 0.588. The van der Waals surface area contributed by atoms with Gasteiger partial charge in [-0.05, 0) is 85.9 Å². The summed E-state index contributed by atoms with van der Waals surface area (Å²) in [5.41, 5.74) is -1.68. The molecule has 6 heteroatoms. The fraction of sp³-hybridized carbons (Fsp3) is 0.870. The van der Waals surface area contributed by atoms with Gasteiger partial charge in [0.2, 0.25) is 0 Å². The van der Waals surface area contributed by atoms with Gasteiger partial charge in [-0.15, -0.1) is 0 Å². The summed E-state index contributed by atoms with van der Waals surface area (Å²) in [6.07, 6.45) is 1.52. The zero-order chi connectivity index (χ0) is 21.2. The van der Waals surface area contributed by atoms with E-state index in [1.807, 2.05) is 0 Å². The van der Waals surface area contributed by atoms with Gasteiger partial charge in [0, 0.05) is 13.2 Å². The summed E-state index contributed by atoms with van der Waals surface area (Å²) in [5.74, 6) is 1.20. The van der Waals surface area contributed by atoms with Crippen LogP contribution in [0.5, 0.6) is 0 Å². The highest BCUT2D eigenvalue weighted by Gasteiger charge is 2.68. The molecule has 0 spiro atoms. The summed E-state index contributed by atoms with van der Waals surface area (Å²) < 4.78 is 46.5. The standard InChI is InChI=1S/C23H32F3NO2/c1-20-10-8-18-16(17(20)7-5-14(20)9-11-27)6-4-15-12-22(28,23(24,25)26)19(29-3)13-21(15,18)2/h9,15-19,28H,4-8,10,12-13H2,1-3H3/b14-9-/t15-,16?,17-,18-,19-,20?,21?,22-/m0/s1. The van der Waals surface area contributed by atoms with Crippen LogP contribution in [0.4, 0.5) is 13.2 Å². The Morgan fingerprint density at radius 2 is 1.86 bits per heavy atom. The Labute approximate surface area is 171 Å². The third-order valence-corrected chi connectivity index (χ3v) is 9.64. The minimum absolute atomic E-state index is 0.0577. The van der Waals surface area contributed by atoms with E-state index < -0.39 is 17.9 Å². The molecule has 0 aromatic heterocycles. The second-order valence-corrected chi connectivity index (χ2v) is 10.5. The normalized spacial score (nSPS) is 51.1. The Morgan fingerprint density at radius 1 is 1.14 bits per heavy atom. The third kappa shape index (κ3) is 2.83. The summed E-state index contributed by atoms with van der Waals surface area (Å²) in [5, 5.41) is 19.8. The topological polar surface area (TPSA) is 53.2 Å². The fourth-order valence-corrected chi connectivity index (χ4v) is 8.00. The summed E-state index contributed by atoms with van der Waals surface area (Å²) in [4.78, 5) is 0. The van der Waals surface area contributed by atoms with Crippen molar-refractivity contribution in [3.8, 4) is 6.07 Å². The number of hydrogen-bond acceptors (Lipinski definition) is 3. The van der Waals surface area contributed by atoms with Crippen LogP contribution in [0.2, 0.25) is 0 Å². The number of hydrogen-bond donors (Lipinski definition) is 1. The monoisotopic (exact) mass is 411 g/mol. The second-order valence-electron chi connectivity index (χ2n) is 10.5. The molecule has 3 nitrogen and oxygen atoms in total. The molecule has 4 rings (SSSR count). The first-order valence-corrected chi connectivity index (χ1v) is 10.9. The summed E-state index contributed by atoms with van der Waals surface area (Å²) in [7, 11) is 1.29. The molecule has 4 aliphatic rings. The molecule has 4 aliphatic carbocycles. The Balaban J connectivity index is 1.65. The molecule has 0 bridgehead atoms. The van der Waals surface area contributed by atoms with Crippen LogP contribution in [0.15, 0.2) is 11.6 Å². The molecule has 0 heterocycles. The predicted octanol–water partition coefficient (Wildman–Crippen LogP) is 5.40. The van der Waals surface area contributed by atoms with Gasteiger partial charge in [0.25, 0.3) is 0 Å². The van der Waals surface area contributed by atoms with Gasteiger partial charge in [-0.25, -0.2) is 0 Å². The molecule has 4 fully saturated rings. The van der Waals surface area contributed by atoms with Gasteiger partial charge in [0.1, 0.15) is 0 Å². The molecule has 162 valence electrons. The molecular formula is C23H32F3NO2. The van der Waals surface area contributed by atoms with Crippen LogP contribution in [0.3, 0.4) is 0 Å². The first-order valence-electron chi connectivity index (χ1n) is 10.9. The van der Waals surface area contributed by atoms with Crippen LogP contribution in [-0.2, 0) is 4.74 Å². The van der Waals surface area contributed by atoms with Crippen LogP contribution in [0.1, 0.15) is 65.2 Å². The Hall–Kier alpha value is -1.06. The van der Waals surface area contributed by atoms with Crippen molar-refractivity contribution in [3.05, 3.63) is 11.6 Å². The number of allylic oxidation sites excluding steroid dienone is 2. The molecule has 1 N–H and O–H groups in total. The van der Waals surface area contributed by atoms with Gasteiger partial charge in [-0.2, -0.15) is 18.4 Å². The van der Waals surface area contributed by atoms with E-state index in [-0.39, 0.29) is 29.6 Å². The maximum Gasteiger partial charge on any atom is 0.419 e. The van der Waals surface area contributed by atoms with Gasteiger partial charge in [0.05, 0.1) is 12.2 Å². The van der Waals surface area contributed by atoms with Crippen molar-refractivity contribution in [2.24, 2.45) is 34.5 Å². The Morgan fingerprint density at radius 3 is 2.48 bits per heavy atom. The fourth-order valence-electron chi connectivity index (χ4n) is 8.00. The summed E-state index contributed by atoms with van der Waals surface area (Å²) in [6, 6.07) is 2.22. The zero-order valence-electron chi connectivity index (χ0n) is 17.6. The van der Waals surface area contributed by atoms with Gasteiger partial charge in [-0.3, -0.25) is 0 Å². The number of methoxy groups -OCH3 is 1. The zero-order valence-corrected chi connectivity index (χ0v) is 17.6. The number of alkyl halides is 3. The first kappa shape index (κ1) is 21.2. The van der Waals surface area contributed by atoms with E-state index in [4.69, 9.17) is 4.74 Å².